The fourth-order valence-corrected chi connectivity index (χ4v) is 2.13. The Bertz CT molecular complexity index is 529. The first-order valence-corrected chi connectivity index (χ1v) is 6.42. The van der Waals surface area contributed by atoms with Crippen LogP contribution in [0.5, 0.6) is 0 Å². The number of anilines is 1. The van der Waals surface area contributed by atoms with Crippen molar-refractivity contribution >= 4 is 39.0 Å². The highest BCUT2D eigenvalue weighted by molar-refractivity contribution is 9.10. The zero-order chi connectivity index (χ0) is 12.3. The van der Waals surface area contributed by atoms with Crippen LogP contribution in [0.3, 0.4) is 0 Å². The number of hydrogen-bond acceptors (Lipinski definition) is 5. The third-order valence-electron chi connectivity index (χ3n) is 1.99. The molecule has 3 N–H and O–H groups in total. The zero-order valence-corrected chi connectivity index (χ0v) is 11.1. The Morgan fingerprint density at radius 1 is 1.59 bits per heavy atom. The summed E-state index contributed by atoms with van der Waals surface area (Å²) < 4.78 is 0.480. The quantitative estimate of drug-likeness (QED) is 0.905. The third-order valence-corrected chi connectivity index (χ3v) is 3.25. The van der Waals surface area contributed by atoms with Crippen LogP contribution in [0.25, 0.3) is 0 Å². The number of hydrogen-bond donors (Lipinski definition) is 2. The second-order valence-electron chi connectivity index (χ2n) is 3.19. The van der Waals surface area contributed by atoms with Crippen LogP contribution in [0.4, 0.5) is 5.82 Å². The average molecular weight is 313 g/mol. The number of carbonyl (C=O) groups is 1. The fourth-order valence-electron chi connectivity index (χ4n) is 1.21. The number of rotatable bonds is 3. The van der Waals surface area contributed by atoms with Gasteiger partial charge in [0.05, 0.1) is 12.7 Å². The van der Waals surface area contributed by atoms with Gasteiger partial charge in [-0.1, -0.05) is 6.07 Å². The molecule has 0 aliphatic rings. The molecule has 0 aliphatic heterocycles. The number of nitrogens with one attached hydrogen (secondary N) is 1. The molecule has 0 saturated carbocycles. The largest absolute Gasteiger partial charge is 0.382 e. The van der Waals surface area contributed by atoms with Crippen molar-refractivity contribution in [2.45, 2.75) is 6.54 Å². The van der Waals surface area contributed by atoms with E-state index in [1.165, 1.54) is 6.20 Å². The molecule has 0 atom stereocenters. The number of nitrogens with zero attached hydrogens (tertiary/aromatic N) is 2. The number of amides is 1. The van der Waals surface area contributed by atoms with Crippen LogP contribution < -0.4 is 11.1 Å². The van der Waals surface area contributed by atoms with Crippen LogP contribution in [0.1, 0.15) is 15.4 Å². The van der Waals surface area contributed by atoms with Gasteiger partial charge in [-0.15, -0.1) is 11.3 Å². The van der Waals surface area contributed by atoms with Crippen molar-refractivity contribution in [3.63, 3.8) is 0 Å². The highest BCUT2D eigenvalue weighted by Crippen LogP contribution is 2.11. The molecule has 0 saturated heterocycles. The van der Waals surface area contributed by atoms with Gasteiger partial charge in [0.25, 0.3) is 5.91 Å². The normalized spacial score (nSPS) is 10.2. The first-order chi connectivity index (χ1) is 8.16. The van der Waals surface area contributed by atoms with Gasteiger partial charge in [0.15, 0.2) is 11.5 Å². The van der Waals surface area contributed by atoms with Gasteiger partial charge in [0.2, 0.25) is 0 Å². The summed E-state index contributed by atoms with van der Waals surface area (Å²) in [4.78, 5) is 20.7. The lowest BCUT2D eigenvalue weighted by molar-refractivity contribution is 0.0947. The van der Waals surface area contributed by atoms with Gasteiger partial charge < -0.3 is 11.1 Å². The molecule has 1 amide bonds. The first kappa shape index (κ1) is 12.0. The van der Waals surface area contributed by atoms with Gasteiger partial charge in [0.1, 0.15) is 4.60 Å². The highest BCUT2D eigenvalue weighted by Gasteiger charge is 2.13. The fraction of sp³-hybridized carbons (Fsp3) is 0.100. The van der Waals surface area contributed by atoms with Crippen molar-refractivity contribution < 1.29 is 4.79 Å². The Morgan fingerprint density at radius 2 is 2.41 bits per heavy atom. The van der Waals surface area contributed by atoms with E-state index in [1.54, 1.807) is 11.3 Å². The lowest BCUT2D eigenvalue weighted by atomic mass is 10.3. The van der Waals surface area contributed by atoms with Gasteiger partial charge >= 0.3 is 0 Å². The minimum Gasteiger partial charge on any atom is -0.382 e. The van der Waals surface area contributed by atoms with E-state index in [0.717, 1.165) is 4.88 Å². The van der Waals surface area contributed by atoms with E-state index in [1.807, 2.05) is 17.5 Å². The summed E-state index contributed by atoms with van der Waals surface area (Å²) in [6.07, 6.45) is 1.45. The lowest BCUT2D eigenvalue weighted by Gasteiger charge is -2.05. The van der Waals surface area contributed by atoms with Gasteiger partial charge in [-0.25, -0.2) is 9.97 Å². The third kappa shape index (κ3) is 3.01. The van der Waals surface area contributed by atoms with E-state index in [2.05, 4.69) is 31.2 Å². The van der Waals surface area contributed by atoms with Crippen molar-refractivity contribution in [2.75, 3.05) is 5.73 Å². The Labute approximate surface area is 110 Å². The molecule has 0 aliphatic carbocycles. The minimum absolute atomic E-state index is 0.122. The maximum absolute atomic E-state index is 11.8. The average Bonchev–Trinajstić information content (AvgIpc) is 2.82. The maximum Gasteiger partial charge on any atom is 0.274 e. The molecule has 88 valence electrons. The Balaban J connectivity index is 2.07. The van der Waals surface area contributed by atoms with Crippen molar-refractivity contribution in [2.24, 2.45) is 0 Å². The summed E-state index contributed by atoms with van der Waals surface area (Å²) >= 11 is 4.72. The maximum atomic E-state index is 11.8. The molecule has 0 fully saturated rings. The number of carbonyl (C=O) groups excluding carboxylic acids is 1. The predicted molar refractivity (Wildman–Crippen MR) is 69.6 cm³/mol. The van der Waals surface area contributed by atoms with Crippen molar-refractivity contribution in [3.8, 4) is 0 Å². The summed E-state index contributed by atoms with van der Waals surface area (Å²) in [5.74, 6) is -0.207. The summed E-state index contributed by atoms with van der Waals surface area (Å²) in [6.45, 7) is 0.462. The van der Waals surface area contributed by atoms with E-state index in [0.29, 0.717) is 11.1 Å². The molecule has 2 rings (SSSR count). The lowest BCUT2D eigenvalue weighted by Crippen LogP contribution is -2.25. The molecule has 0 bridgehead atoms. The second-order valence-corrected chi connectivity index (χ2v) is 5.03. The molecular formula is C10H9BrN4OS. The first-order valence-electron chi connectivity index (χ1n) is 4.75. The monoisotopic (exact) mass is 312 g/mol. The molecule has 17 heavy (non-hydrogen) atoms. The van der Waals surface area contributed by atoms with Gasteiger partial charge in [-0.05, 0) is 27.4 Å². The molecule has 2 aromatic rings. The molecular weight excluding hydrogens is 304 g/mol. The van der Waals surface area contributed by atoms with Crippen LogP contribution in [-0.4, -0.2) is 15.9 Å². The van der Waals surface area contributed by atoms with Crippen molar-refractivity contribution in [1.82, 2.24) is 15.3 Å². The number of nitrogen functional groups attached to an aromatic ring is 1. The van der Waals surface area contributed by atoms with E-state index >= 15 is 0 Å². The summed E-state index contributed by atoms with van der Waals surface area (Å²) in [5, 5.41) is 4.69. The molecule has 0 radical (unpaired) electrons. The molecule has 2 heterocycles. The summed E-state index contributed by atoms with van der Waals surface area (Å²) in [5.41, 5.74) is 5.72. The van der Waals surface area contributed by atoms with E-state index in [9.17, 15) is 4.79 Å². The van der Waals surface area contributed by atoms with Crippen molar-refractivity contribution in [1.29, 1.82) is 0 Å². The molecule has 0 aromatic carbocycles. The summed E-state index contributed by atoms with van der Waals surface area (Å²) in [6, 6.07) is 3.88. The number of halogens is 1. The predicted octanol–water partition coefficient (Wildman–Crippen LogP) is 1.81. The topological polar surface area (TPSA) is 80.9 Å². The molecule has 0 unspecified atom stereocenters. The van der Waals surface area contributed by atoms with Crippen LogP contribution in [0.15, 0.2) is 28.3 Å². The number of thiophene rings is 1. The highest BCUT2D eigenvalue weighted by atomic mass is 79.9. The number of nitrogens with two attached hydrogens (primary N) is 1. The van der Waals surface area contributed by atoms with Crippen LogP contribution in [-0.2, 0) is 6.54 Å². The number of aromatic nitrogens is 2. The smallest absolute Gasteiger partial charge is 0.274 e. The van der Waals surface area contributed by atoms with Crippen molar-refractivity contribution in [3.05, 3.63) is 38.9 Å². The Morgan fingerprint density at radius 3 is 3.12 bits per heavy atom. The van der Waals surface area contributed by atoms with E-state index in [4.69, 9.17) is 5.73 Å². The zero-order valence-electron chi connectivity index (χ0n) is 8.68. The summed E-state index contributed by atoms with van der Waals surface area (Å²) in [7, 11) is 0. The van der Waals surface area contributed by atoms with Crippen LogP contribution >= 0.6 is 27.3 Å². The Kier molecular flexibility index (Phi) is 3.70. The van der Waals surface area contributed by atoms with Gasteiger partial charge in [-0.2, -0.15) is 0 Å². The second kappa shape index (κ2) is 5.24. The van der Waals surface area contributed by atoms with Crippen LogP contribution in [0, 0.1) is 0 Å². The van der Waals surface area contributed by atoms with Gasteiger partial charge in [-0.3, -0.25) is 4.79 Å². The molecule has 0 spiro atoms. The van der Waals surface area contributed by atoms with E-state index < -0.39 is 0 Å². The SMILES string of the molecule is Nc1ncc(Br)nc1C(=O)NCc1cccs1. The standard InChI is InChI=1S/C10H9BrN4OS/c11-7-5-13-9(12)8(15-7)10(16)14-4-6-2-1-3-17-6/h1-3,5H,4H2,(H2,12,13)(H,14,16). The molecule has 2 aromatic heterocycles. The van der Waals surface area contributed by atoms with Crippen LogP contribution in [0.2, 0.25) is 0 Å². The molecule has 7 heteroatoms. The Hall–Kier alpha value is -1.47. The van der Waals surface area contributed by atoms with Gasteiger partial charge in [0, 0.05) is 4.88 Å². The molecule has 5 nitrogen and oxygen atoms in total. The minimum atomic E-state index is -0.329. The van der Waals surface area contributed by atoms with E-state index in [-0.39, 0.29) is 17.4 Å².